The number of carboxylic acid groups (broad SMARTS) is 1. The van der Waals surface area contributed by atoms with Crippen LogP contribution in [-0.2, 0) is 9.63 Å². The van der Waals surface area contributed by atoms with E-state index in [2.05, 4.69) is 23.1 Å². The van der Waals surface area contributed by atoms with Crippen LogP contribution in [0, 0.1) is 5.92 Å². The predicted molar refractivity (Wildman–Crippen MR) is 103 cm³/mol. The van der Waals surface area contributed by atoms with Gasteiger partial charge >= 0.3 is 5.97 Å². The first-order valence-corrected chi connectivity index (χ1v) is 8.56. The summed E-state index contributed by atoms with van der Waals surface area (Å²) in [6.07, 6.45) is 6.49. The van der Waals surface area contributed by atoms with Crippen LogP contribution in [0.4, 0.5) is 0 Å². The van der Waals surface area contributed by atoms with Crippen molar-refractivity contribution in [2.24, 2.45) is 11.1 Å². The van der Waals surface area contributed by atoms with Crippen LogP contribution in [0.15, 0.2) is 41.6 Å². The highest BCUT2D eigenvalue weighted by Gasteiger charge is 2.24. The topological polar surface area (TPSA) is 62.1 Å². The maximum atomic E-state index is 11.1. The van der Waals surface area contributed by atoms with E-state index in [0.29, 0.717) is 19.7 Å². The highest BCUT2D eigenvalue weighted by molar-refractivity contribution is 6.09. The van der Waals surface area contributed by atoms with E-state index in [4.69, 9.17) is 9.94 Å². The van der Waals surface area contributed by atoms with Crippen molar-refractivity contribution >= 4 is 30.2 Å². The average molecular weight is 367 g/mol. The fourth-order valence-corrected chi connectivity index (χ4v) is 2.87. The minimum atomic E-state index is -0.698. The second-order valence-electron chi connectivity index (χ2n) is 5.98. The summed E-state index contributed by atoms with van der Waals surface area (Å²) in [5, 5.41) is 13.2. The van der Waals surface area contributed by atoms with E-state index in [1.54, 1.807) is 6.21 Å². The minimum Gasteiger partial charge on any atom is -0.481 e. The summed E-state index contributed by atoms with van der Waals surface area (Å²) in [5.74, 6) is -0.949. The number of halogens is 1. The number of hydrogen-bond acceptors (Lipinski definition) is 4. The zero-order valence-corrected chi connectivity index (χ0v) is 15.5. The third kappa shape index (κ3) is 7.28. The first-order valence-electron chi connectivity index (χ1n) is 8.56. The predicted octanol–water partition coefficient (Wildman–Crippen LogP) is 3.70. The molecule has 0 unspecified atom stereocenters. The standard InChI is InChI=1S/C19H26N2O3.ClH/c1-2-7-17(16-8-4-3-5-9-16)14-20-24-13-12-21-11-6-10-18(15-21)19(22)23;/h3-5,7-9,14,18H,2,6,10-13,15H2,1H3,(H,22,23);1H/b17-7-,20-14+;/t18-;/m1./s1. The molecule has 1 aliphatic rings. The van der Waals surface area contributed by atoms with Gasteiger partial charge in [-0.25, -0.2) is 0 Å². The summed E-state index contributed by atoms with van der Waals surface area (Å²) >= 11 is 0. The van der Waals surface area contributed by atoms with Crippen LogP contribution in [0.1, 0.15) is 31.7 Å². The molecule has 0 saturated carbocycles. The molecule has 2 rings (SSSR count). The van der Waals surface area contributed by atoms with Crippen molar-refractivity contribution in [3.8, 4) is 0 Å². The summed E-state index contributed by atoms with van der Waals surface area (Å²) in [4.78, 5) is 18.6. The number of hydrogen-bond donors (Lipinski definition) is 1. The maximum Gasteiger partial charge on any atom is 0.307 e. The summed E-state index contributed by atoms with van der Waals surface area (Å²) in [6, 6.07) is 10.1. The Balaban J connectivity index is 0.00000312. The number of oxime groups is 1. The Morgan fingerprint density at radius 3 is 2.84 bits per heavy atom. The molecule has 138 valence electrons. The van der Waals surface area contributed by atoms with Crippen LogP contribution in [0.5, 0.6) is 0 Å². The number of piperidine rings is 1. The van der Waals surface area contributed by atoms with Gasteiger partial charge in [0.05, 0.1) is 12.1 Å². The Hall–Kier alpha value is -1.85. The molecule has 1 heterocycles. The molecule has 5 nitrogen and oxygen atoms in total. The molecule has 1 atom stereocenters. The van der Waals surface area contributed by atoms with E-state index in [1.807, 2.05) is 30.3 Å². The number of allylic oxidation sites excluding steroid dienone is 2. The van der Waals surface area contributed by atoms with Crippen molar-refractivity contribution in [3.63, 3.8) is 0 Å². The van der Waals surface area contributed by atoms with Crippen LogP contribution in [0.3, 0.4) is 0 Å². The van der Waals surface area contributed by atoms with Gasteiger partial charge in [-0.1, -0.05) is 48.5 Å². The van der Waals surface area contributed by atoms with E-state index >= 15 is 0 Å². The number of carbonyl (C=O) groups is 1. The van der Waals surface area contributed by atoms with Gasteiger partial charge in [-0.2, -0.15) is 0 Å². The van der Waals surface area contributed by atoms with E-state index in [1.165, 1.54) is 0 Å². The van der Waals surface area contributed by atoms with Gasteiger partial charge in [-0.3, -0.25) is 9.69 Å². The van der Waals surface area contributed by atoms with Gasteiger partial charge in [-0.05, 0) is 36.9 Å². The lowest BCUT2D eigenvalue weighted by atomic mass is 9.98. The first kappa shape index (κ1) is 21.2. The lowest BCUT2D eigenvalue weighted by Crippen LogP contribution is -2.40. The summed E-state index contributed by atoms with van der Waals surface area (Å²) in [7, 11) is 0. The first-order chi connectivity index (χ1) is 11.7. The molecule has 0 aromatic heterocycles. The molecule has 1 aromatic carbocycles. The van der Waals surface area contributed by atoms with Crippen LogP contribution in [-0.4, -0.2) is 48.4 Å². The molecular formula is C19H27ClN2O3. The molecular weight excluding hydrogens is 340 g/mol. The fraction of sp³-hybridized carbons (Fsp3) is 0.474. The molecule has 1 N–H and O–H groups in total. The van der Waals surface area contributed by atoms with E-state index < -0.39 is 5.97 Å². The summed E-state index contributed by atoms with van der Waals surface area (Å²) in [5.41, 5.74) is 2.16. The van der Waals surface area contributed by atoms with Crippen molar-refractivity contribution in [2.45, 2.75) is 26.2 Å². The summed E-state index contributed by atoms with van der Waals surface area (Å²) < 4.78 is 0. The zero-order valence-electron chi connectivity index (χ0n) is 14.6. The van der Waals surface area contributed by atoms with Gasteiger partial charge in [-0.15, -0.1) is 12.4 Å². The molecule has 0 spiro atoms. The highest BCUT2D eigenvalue weighted by Crippen LogP contribution is 2.16. The lowest BCUT2D eigenvalue weighted by Gasteiger charge is -2.29. The van der Waals surface area contributed by atoms with Gasteiger partial charge in [0.25, 0.3) is 0 Å². The Morgan fingerprint density at radius 1 is 1.40 bits per heavy atom. The SMILES string of the molecule is CC/C=C(/C=N/OCCN1CCC[C@@H](C(=O)O)C1)c1ccccc1.Cl. The van der Waals surface area contributed by atoms with E-state index in [-0.39, 0.29) is 18.3 Å². The van der Waals surface area contributed by atoms with Crippen molar-refractivity contribution in [3.05, 3.63) is 42.0 Å². The molecule has 0 bridgehead atoms. The van der Waals surface area contributed by atoms with Crippen molar-refractivity contribution in [1.29, 1.82) is 0 Å². The second kappa shape index (κ2) is 11.7. The molecule has 1 saturated heterocycles. The zero-order chi connectivity index (χ0) is 17.2. The molecule has 6 heteroatoms. The van der Waals surface area contributed by atoms with Crippen molar-refractivity contribution in [2.75, 3.05) is 26.2 Å². The molecule has 0 amide bonds. The Kier molecular flexibility index (Phi) is 9.88. The van der Waals surface area contributed by atoms with Crippen molar-refractivity contribution in [1.82, 2.24) is 4.90 Å². The Morgan fingerprint density at radius 2 is 2.16 bits per heavy atom. The van der Waals surface area contributed by atoms with E-state index in [9.17, 15) is 4.79 Å². The van der Waals surface area contributed by atoms with Crippen LogP contribution in [0.25, 0.3) is 5.57 Å². The van der Waals surface area contributed by atoms with Gasteiger partial charge in [0.15, 0.2) is 0 Å². The monoisotopic (exact) mass is 366 g/mol. The average Bonchev–Trinajstić information content (AvgIpc) is 2.61. The lowest BCUT2D eigenvalue weighted by molar-refractivity contribution is -0.143. The van der Waals surface area contributed by atoms with Gasteiger partial charge < -0.3 is 9.94 Å². The van der Waals surface area contributed by atoms with Gasteiger partial charge in [0.2, 0.25) is 0 Å². The quantitative estimate of drug-likeness (QED) is 0.433. The van der Waals surface area contributed by atoms with Gasteiger partial charge in [0.1, 0.15) is 6.61 Å². The van der Waals surface area contributed by atoms with E-state index in [0.717, 1.165) is 36.9 Å². The number of nitrogens with zero attached hydrogens (tertiary/aromatic N) is 2. The maximum absolute atomic E-state index is 11.1. The molecule has 1 fully saturated rings. The number of benzene rings is 1. The van der Waals surface area contributed by atoms with Crippen LogP contribution >= 0.6 is 12.4 Å². The number of aliphatic carboxylic acids is 1. The highest BCUT2D eigenvalue weighted by atomic mass is 35.5. The largest absolute Gasteiger partial charge is 0.481 e. The van der Waals surface area contributed by atoms with Crippen LogP contribution < -0.4 is 0 Å². The third-order valence-corrected chi connectivity index (χ3v) is 4.15. The molecule has 0 radical (unpaired) electrons. The molecule has 1 aliphatic heterocycles. The Bertz CT molecular complexity index is 575. The number of carboxylic acids is 1. The minimum absolute atomic E-state index is 0. The number of rotatable bonds is 8. The molecule has 1 aromatic rings. The smallest absolute Gasteiger partial charge is 0.307 e. The third-order valence-electron chi connectivity index (χ3n) is 4.15. The Labute approximate surface area is 155 Å². The second-order valence-corrected chi connectivity index (χ2v) is 5.98. The molecule has 25 heavy (non-hydrogen) atoms. The summed E-state index contributed by atoms with van der Waals surface area (Å²) in [6.45, 7) is 4.80. The van der Waals surface area contributed by atoms with Crippen LogP contribution in [0.2, 0.25) is 0 Å². The van der Waals surface area contributed by atoms with Gasteiger partial charge in [0, 0.05) is 13.1 Å². The normalized spacial score (nSPS) is 18.8. The van der Waals surface area contributed by atoms with Crippen molar-refractivity contribution < 1.29 is 14.7 Å². The number of likely N-dealkylation sites (tertiary alicyclic amines) is 1. The molecule has 0 aliphatic carbocycles. The fourth-order valence-electron chi connectivity index (χ4n) is 2.87.